The van der Waals surface area contributed by atoms with Gasteiger partial charge in [0.15, 0.2) is 6.61 Å². The zero-order valence-electron chi connectivity index (χ0n) is 20.4. The van der Waals surface area contributed by atoms with Crippen LogP contribution in [0.3, 0.4) is 0 Å². The molecule has 0 unspecified atom stereocenters. The van der Waals surface area contributed by atoms with E-state index in [0.29, 0.717) is 28.3 Å². The van der Waals surface area contributed by atoms with Gasteiger partial charge in [-0.3, -0.25) is 0 Å². The summed E-state index contributed by atoms with van der Waals surface area (Å²) in [4.78, 5) is 15.0. The van der Waals surface area contributed by atoms with Crippen molar-refractivity contribution in [1.29, 1.82) is 0 Å². The second kappa shape index (κ2) is 13.1. The number of aliphatic carboxylic acids is 1. The number of likely N-dealkylation sites (tertiary alicyclic amines) is 1. The molecule has 0 spiro atoms. The van der Waals surface area contributed by atoms with E-state index >= 15 is 0 Å². The first kappa shape index (κ1) is 27.2. The minimum atomic E-state index is -1.06. The molecular formula is C29H27Cl2NO4S. The van der Waals surface area contributed by atoms with Gasteiger partial charge >= 0.3 is 5.97 Å². The van der Waals surface area contributed by atoms with E-state index in [0.717, 1.165) is 52.6 Å². The average molecular weight is 557 g/mol. The lowest BCUT2D eigenvalue weighted by Crippen LogP contribution is -2.32. The van der Waals surface area contributed by atoms with Crippen LogP contribution in [0.5, 0.6) is 11.5 Å². The Morgan fingerprint density at radius 1 is 0.973 bits per heavy atom. The molecule has 1 heterocycles. The molecule has 3 aromatic rings. The van der Waals surface area contributed by atoms with Gasteiger partial charge in [0.25, 0.3) is 0 Å². The molecule has 1 saturated heterocycles. The molecule has 1 N–H and O–H groups in total. The number of benzene rings is 3. The number of hydrogen-bond acceptors (Lipinski definition) is 5. The van der Waals surface area contributed by atoms with Crippen LogP contribution in [0.15, 0.2) is 70.5 Å². The normalized spacial score (nSPS) is 14.0. The molecule has 5 nitrogen and oxygen atoms in total. The summed E-state index contributed by atoms with van der Waals surface area (Å²) in [5, 5.41) is 9.85. The number of carboxylic acid groups (broad SMARTS) is 1. The van der Waals surface area contributed by atoms with E-state index in [9.17, 15) is 4.79 Å². The molecule has 0 amide bonds. The average Bonchev–Trinajstić information content (AvgIpc) is 2.87. The highest BCUT2D eigenvalue weighted by atomic mass is 35.5. The molecule has 4 rings (SSSR count). The summed E-state index contributed by atoms with van der Waals surface area (Å²) in [5.74, 6) is 7.02. The Bertz CT molecular complexity index is 1300. The Balaban J connectivity index is 1.54. The number of rotatable bonds is 8. The molecule has 37 heavy (non-hydrogen) atoms. The molecule has 0 bridgehead atoms. The fourth-order valence-electron chi connectivity index (χ4n) is 3.84. The topological polar surface area (TPSA) is 59.0 Å². The summed E-state index contributed by atoms with van der Waals surface area (Å²) >= 11 is 13.8. The number of carboxylic acids is 1. The maximum atomic E-state index is 10.8. The predicted molar refractivity (Wildman–Crippen MR) is 148 cm³/mol. The van der Waals surface area contributed by atoms with Gasteiger partial charge < -0.3 is 19.5 Å². The predicted octanol–water partition coefficient (Wildman–Crippen LogP) is 6.73. The Kier molecular flexibility index (Phi) is 9.65. The second-order valence-electron chi connectivity index (χ2n) is 8.88. The summed E-state index contributed by atoms with van der Waals surface area (Å²) in [6, 6.07) is 18.7. The van der Waals surface area contributed by atoms with Gasteiger partial charge in [0, 0.05) is 25.9 Å². The van der Waals surface area contributed by atoms with Gasteiger partial charge in [-0.25, -0.2) is 4.79 Å². The molecule has 0 saturated carbocycles. The highest BCUT2D eigenvalue weighted by Gasteiger charge is 2.17. The molecule has 0 aliphatic carbocycles. The summed E-state index contributed by atoms with van der Waals surface area (Å²) in [5.41, 5.74) is 1.71. The van der Waals surface area contributed by atoms with Gasteiger partial charge in [0.1, 0.15) is 11.5 Å². The number of halogens is 2. The van der Waals surface area contributed by atoms with Crippen LogP contribution in [0.25, 0.3) is 0 Å². The third-order valence-corrected chi connectivity index (χ3v) is 7.40. The van der Waals surface area contributed by atoms with E-state index < -0.39 is 12.6 Å². The fraction of sp³-hybridized carbons (Fsp3) is 0.276. The Labute approximate surface area is 231 Å². The van der Waals surface area contributed by atoms with Crippen molar-refractivity contribution >= 4 is 40.9 Å². The van der Waals surface area contributed by atoms with Crippen LogP contribution >= 0.6 is 35.0 Å². The van der Waals surface area contributed by atoms with Crippen molar-refractivity contribution in [2.24, 2.45) is 5.92 Å². The van der Waals surface area contributed by atoms with Crippen molar-refractivity contribution in [3.8, 4) is 23.3 Å². The summed E-state index contributed by atoms with van der Waals surface area (Å²) < 4.78 is 11.5. The third kappa shape index (κ3) is 8.62. The number of nitrogens with zero attached hydrogens (tertiary/aromatic N) is 1. The van der Waals surface area contributed by atoms with Crippen LogP contribution < -0.4 is 9.47 Å². The molecule has 1 aliphatic rings. The minimum absolute atomic E-state index is 0.332. The van der Waals surface area contributed by atoms with E-state index in [1.54, 1.807) is 12.1 Å². The Morgan fingerprint density at radius 2 is 1.70 bits per heavy atom. The number of hydrogen-bond donors (Lipinski definition) is 1. The first-order valence-electron chi connectivity index (χ1n) is 11.9. The standard InChI is InChI=1S/C29H27Cl2NO4S/c1-32-12-10-21(11-13-32)18-35-24-14-22(3-2-20-4-6-23(30)7-5-20)15-26(16-24)37-25-8-9-28(27(31)17-25)36-19-29(33)34/h4-9,14-17,21H,10-13,18-19H2,1H3,(H,33,34). The maximum Gasteiger partial charge on any atom is 0.341 e. The van der Waals surface area contributed by atoms with Gasteiger partial charge in [-0.15, -0.1) is 0 Å². The van der Waals surface area contributed by atoms with Crippen LogP contribution in [0, 0.1) is 17.8 Å². The molecule has 1 fully saturated rings. The lowest BCUT2D eigenvalue weighted by molar-refractivity contribution is -0.139. The van der Waals surface area contributed by atoms with Crippen molar-refractivity contribution in [2.75, 3.05) is 33.4 Å². The molecule has 3 aromatic carbocycles. The van der Waals surface area contributed by atoms with E-state index in [-0.39, 0.29) is 0 Å². The smallest absolute Gasteiger partial charge is 0.341 e. The van der Waals surface area contributed by atoms with Crippen molar-refractivity contribution in [1.82, 2.24) is 4.90 Å². The lowest BCUT2D eigenvalue weighted by atomic mass is 9.98. The summed E-state index contributed by atoms with van der Waals surface area (Å²) in [6.45, 7) is 2.41. The van der Waals surface area contributed by atoms with Gasteiger partial charge in [0.2, 0.25) is 0 Å². The quantitative estimate of drug-likeness (QED) is 0.311. The number of piperidine rings is 1. The summed E-state index contributed by atoms with van der Waals surface area (Å²) in [6.07, 6.45) is 2.26. The Hall–Kier alpha value is -2.82. The molecule has 192 valence electrons. The van der Waals surface area contributed by atoms with Crippen LogP contribution in [0.1, 0.15) is 24.0 Å². The van der Waals surface area contributed by atoms with Crippen LogP contribution in [0.4, 0.5) is 0 Å². The molecule has 8 heteroatoms. The molecule has 0 radical (unpaired) electrons. The van der Waals surface area contributed by atoms with Gasteiger partial charge in [0.05, 0.1) is 11.6 Å². The highest BCUT2D eigenvalue weighted by Crippen LogP contribution is 2.36. The van der Waals surface area contributed by atoms with E-state index in [2.05, 4.69) is 23.8 Å². The van der Waals surface area contributed by atoms with Gasteiger partial charge in [-0.05, 0) is 99.6 Å². The first-order chi connectivity index (χ1) is 17.8. The zero-order chi connectivity index (χ0) is 26.2. The zero-order valence-corrected chi connectivity index (χ0v) is 22.7. The molecule has 1 aliphatic heterocycles. The van der Waals surface area contributed by atoms with Crippen LogP contribution in [-0.2, 0) is 4.79 Å². The van der Waals surface area contributed by atoms with Crippen LogP contribution in [0.2, 0.25) is 10.0 Å². The van der Waals surface area contributed by atoms with E-state index in [4.69, 9.17) is 37.8 Å². The monoisotopic (exact) mass is 555 g/mol. The SMILES string of the molecule is CN1CCC(COc2cc(C#Cc3ccc(Cl)cc3)cc(Sc3ccc(OCC(=O)O)c(Cl)c3)c2)CC1. The number of ether oxygens (including phenoxy) is 2. The van der Waals surface area contributed by atoms with Crippen molar-refractivity contribution in [2.45, 2.75) is 22.6 Å². The van der Waals surface area contributed by atoms with Gasteiger partial charge in [-0.1, -0.05) is 46.8 Å². The third-order valence-electron chi connectivity index (χ3n) is 5.89. The fourth-order valence-corrected chi connectivity index (χ4v) is 5.22. The maximum absolute atomic E-state index is 10.8. The van der Waals surface area contributed by atoms with Crippen molar-refractivity contribution < 1.29 is 19.4 Å². The van der Waals surface area contributed by atoms with Crippen LogP contribution in [-0.4, -0.2) is 49.3 Å². The van der Waals surface area contributed by atoms with E-state index in [1.165, 1.54) is 11.8 Å². The summed E-state index contributed by atoms with van der Waals surface area (Å²) in [7, 11) is 2.15. The Morgan fingerprint density at radius 3 is 2.41 bits per heavy atom. The highest BCUT2D eigenvalue weighted by molar-refractivity contribution is 7.99. The molecule has 0 aromatic heterocycles. The first-order valence-corrected chi connectivity index (χ1v) is 13.5. The lowest BCUT2D eigenvalue weighted by Gasteiger charge is -2.28. The number of carbonyl (C=O) groups is 1. The molecular weight excluding hydrogens is 529 g/mol. The van der Waals surface area contributed by atoms with Crippen molar-refractivity contribution in [3.63, 3.8) is 0 Å². The largest absolute Gasteiger partial charge is 0.493 e. The minimum Gasteiger partial charge on any atom is -0.493 e. The van der Waals surface area contributed by atoms with Gasteiger partial charge in [-0.2, -0.15) is 0 Å². The van der Waals surface area contributed by atoms with Crippen molar-refractivity contribution in [3.05, 3.63) is 81.8 Å². The van der Waals surface area contributed by atoms with E-state index in [1.807, 2.05) is 48.5 Å². The molecule has 0 atom stereocenters. The second-order valence-corrected chi connectivity index (χ2v) is 10.9.